The number of aromatic nitrogens is 5. The molecule has 5 rings (SSSR count). The summed E-state index contributed by atoms with van der Waals surface area (Å²) in [6.45, 7) is -0.360. The van der Waals surface area contributed by atoms with E-state index in [1.807, 2.05) is 0 Å². The maximum atomic E-state index is 14.4. The Morgan fingerprint density at radius 2 is 1.65 bits per heavy atom. The number of nitrogen functional groups attached to an aromatic ring is 2. The Balaban J connectivity index is 1.60. The molecule has 4 N–H and O–H groups in total. The van der Waals surface area contributed by atoms with Gasteiger partial charge in [0, 0.05) is 12.5 Å². The Bertz CT molecular complexity index is 1860. The summed E-state index contributed by atoms with van der Waals surface area (Å²) in [5.41, 5.74) is 13.4. The summed E-state index contributed by atoms with van der Waals surface area (Å²) in [6, 6.07) is 10.6. The topological polar surface area (TPSA) is 164 Å². The first kappa shape index (κ1) is 28.8. The number of carbonyl (C=O) groups excluding carboxylic acids is 2. The molecule has 2 aromatic carbocycles. The molecular formula is C28H23F3N8O4. The lowest BCUT2D eigenvalue weighted by Crippen LogP contribution is -2.33. The van der Waals surface area contributed by atoms with Crippen molar-refractivity contribution in [3.8, 4) is 5.95 Å². The average molecular weight is 593 g/mol. The zero-order chi connectivity index (χ0) is 30.8. The number of halogens is 3. The van der Waals surface area contributed by atoms with Gasteiger partial charge in [-0.1, -0.05) is 24.3 Å². The number of amides is 1. The highest BCUT2D eigenvalue weighted by molar-refractivity contribution is 5.96. The van der Waals surface area contributed by atoms with Gasteiger partial charge in [-0.2, -0.15) is 19.7 Å². The Kier molecular flexibility index (Phi) is 7.79. The number of hydrogen-bond donors (Lipinski definition) is 2. The van der Waals surface area contributed by atoms with Gasteiger partial charge in [-0.25, -0.2) is 27.7 Å². The maximum absolute atomic E-state index is 14.4. The normalized spacial score (nSPS) is 11.0. The van der Waals surface area contributed by atoms with Crippen LogP contribution in [0.15, 0.2) is 54.7 Å². The molecule has 0 bridgehead atoms. The fourth-order valence-electron chi connectivity index (χ4n) is 4.48. The number of pyridine rings is 1. The van der Waals surface area contributed by atoms with Crippen molar-refractivity contribution >= 4 is 40.4 Å². The highest BCUT2D eigenvalue weighted by Gasteiger charge is 2.28. The van der Waals surface area contributed by atoms with E-state index in [-0.39, 0.29) is 58.4 Å². The number of nitrogens with two attached hydrogens (primary N) is 2. The summed E-state index contributed by atoms with van der Waals surface area (Å²) in [7, 11) is 2.23. The molecule has 3 aromatic heterocycles. The predicted octanol–water partition coefficient (Wildman–Crippen LogP) is 3.94. The summed E-state index contributed by atoms with van der Waals surface area (Å²) in [5, 5.41) is 4.45. The predicted molar refractivity (Wildman–Crippen MR) is 149 cm³/mol. The lowest BCUT2D eigenvalue weighted by Gasteiger charge is -2.24. The monoisotopic (exact) mass is 592 g/mol. The number of nitrogens with zero attached hydrogens (tertiary/aromatic N) is 6. The molecule has 1 amide bonds. The van der Waals surface area contributed by atoms with Crippen molar-refractivity contribution in [2.45, 2.75) is 13.0 Å². The van der Waals surface area contributed by atoms with E-state index in [2.05, 4.69) is 20.1 Å². The van der Waals surface area contributed by atoms with Crippen LogP contribution in [-0.4, -0.2) is 51.0 Å². The molecule has 220 valence electrons. The van der Waals surface area contributed by atoms with Crippen LogP contribution in [0.2, 0.25) is 0 Å². The Morgan fingerprint density at radius 1 is 0.930 bits per heavy atom. The van der Waals surface area contributed by atoms with Crippen molar-refractivity contribution in [3.05, 3.63) is 94.6 Å². The van der Waals surface area contributed by atoms with E-state index in [4.69, 9.17) is 20.9 Å². The van der Waals surface area contributed by atoms with Crippen LogP contribution < -0.4 is 16.4 Å². The fraction of sp³-hybridized carbons (Fsp3) is 0.143. The zero-order valence-electron chi connectivity index (χ0n) is 22.7. The second-order valence-corrected chi connectivity index (χ2v) is 9.14. The Morgan fingerprint density at radius 3 is 2.33 bits per heavy atom. The molecule has 0 aliphatic rings. The van der Waals surface area contributed by atoms with Gasteiger partial charge in [0.05, 0.1) is 43.7 Å². The third kappa shape index (κ3) is 5.59. The SMILES string of the molecule is COC(=O)c1cc(F)ccc1CN(C(=O)OC)c1c(N)nc(-n2nc(Cc3ccccc3F)c3ncc(F)cc32)nc1N. The first-order valence-corrected chi connectivity index (χ1v) is 12.5. The van der Waals surface area contributed by atoms with E-state index in [1.54, 1.807) is 18.2 Å². The van der Waals surface area contributed by atoms with Gasteiger partial charge in [-0.3, -0.25) is 4.90 Å². The largest absolute Gasteiger partial charge is 0.465 e. The second-order valence-electron chi connectivity index (χ2n) is 9.14. The van der Waals surface area contributed by atoms with Crippen LogP contribution in [0, 0.1) is 17.5 Å². The minimum atomic E-state index is -0.946. The van der Waals surface area contributed by atoms with Gasteiger partial charge in [0.1, 0.15) is 28.7 Å². The number of esters is 1. The quantitative estimate of drug-likeness (QED) is 0.265. The zero-order valence-corrected chi connectivity index (χ0v) is 22.7. The molecule has 0 fully saturated rings. The maximum Gasteiger partial charge on any atom is 0.414 e. The average Bonchev–Trinajstić information content (AvgIpc) is 3.34. The molecule has 5 aromatic rings. The van der Waals surface area contributed by atoms with Gasteiger partial charge in [0.2, 0.25) is 0 Å². The number of hydrogen-bond acceptors (Lipinski definition) is 10. The summed E-state index contributed by atoms with van der Waals surface area (Å²) >= 11 is 0. The molecule has 0 spiro atoms. The number of benzene rings is 2. The van der Waals surface area contributed by atoms with Crippen LogP contribution in [0.3, 0.4) is 0 Å². The lowest BCUT2D eigenvalue weighted by atomic mass is 10.1. The van der Waals surface area contributed by atoms with Gasteiger partial charge in [0.15, 0.2) is 11.6 Å². The van der Waals surface area contributed by atoms with Gasteiger partial charge < -0.3 is 20.9 Å². The number of anilines is 3. The van der Waals surface area contributed by atoms with Crippen LogP contribution in [0.1, 0.15) is 27.2 Å². The molecule has 0 atom stereocenters. The van der Waals surface area contributed by atoms with Crippen molar-refractivity contribution in [2.24, 2.45) is 0 Å². The van der Waals surface area contributed by atoms with E-state index in [0.29, 0.717) is 11.3 Å². The molecule has 3 heterocycles. The highest BCUT2D eigenvalue weighted by Crippen LogP contribution is 2.32. The van der Waals surface area contributed by atoms with Crippen LogP contribution >= 0.6 is 0 Å². The number of ether oxygens (including phenoxy) is 2. The summed E-state index contributed by atoms with van der Waals surface area (Å²) in [5.74, 6) is -3.49. The molecule has 0 aliphatic carbocycles. The lowest BCUT2D eigenvalue weighted by molar-refractivity contribution is 0.0598. The third-order valence-electron chi connectivity index (χ3n) is 6.46. The van der Waals surface area contributed by atoms with Crippen molar-refractivity contribution in [1.29, 1.82) is 0 Å². The number of fused-ring (bicyclic) bond motifs is 1. The molecule has 0 radical (unpaired) electrons. The van der Waals surface area contributed by atoms with E-state index >= 15 is 0 Å². The van der Waals surface area contributed by atoms with Crippen LogP contribution in [0.25, 0.3) is 17.0 Å². The molecule has 0 unspecified atom stereocenters. The van der Waals surface area contributed by atoms with E-state index in [9.17, 15) is 22.8 Å². The summed E-state index contributed by atoms with van der Waals surface area (Å²) in [4.78, 5) is 38.7. The van der Waals surface area contributed by atoms with Crippen LogP contribution in [0.4, 0.5) is 35.3 Å². The molecule has 12 nitrogen and oxygen atoms in total. The standard InChI is InChI=1S/C28H23F3N8O4/c1-42-26(40)18-10-16(29)8-7-15(18)13-38(28(41)43-2)23-24(32)35-27(36-25(23)33)39-21-11-17(30)12-34-22(21)20(37-39)9-14-5-3-4-6-19(14)31/h3-8,10-12H,9,13H2,1-2H3,(H4,32,33,35,36). The highest BCUT2D eigenvalue weighted by atomic mass is 19.1. The smallest absolute Gasteiger partial charge is 0.414 e. The van der Waals surface area contributed by atoms with Crippen molar-refractivity contribution in [1.82, 2.24) is 24.7 Å². The van der Waals surface area contributed by atoms with Gasteiger partial charge in [-0.15, -0.1) is 0 Å². The van der Waals surface area contributed by atoms with Crippen molar-refractivity contribution in [3.63, 3.8) is 0 Å². The molecule has 15 heteroatoms. The van der Waals surface area contributed by atoms with Crippen LogP contribution in [-0.2, 0) is 22.4 Å². The van der Waals surface area contributed by atoms with E-state index in [0.717, 1.165) is 48.2 Å². The van der Waals surface area contributed by atoms with Gasteiger partial charge >= 0.3 is 12.1 Å². The minimum absolute atomic E-state index is 0.0220. The van der Waals surface area contributed by atoms with Crippen molar-refractivity contribution < 1.29 is 32.2 Å². The third-order valence-corrected chi connectivity index (χ3v) is 6.46. The van der Waals surface area contributed by atoms with Crippen LogP contribution in [0.5, 0.6) is 0 Å². The minimum Gasteiger partial charge on any atom is -0.465 e. The Labute approximate surface area is 241 Å². The molecule has 0 saturated carbocycles. The molecule has 43 heavy (non-hydrogen) atoms. The number of methoxy groups -OCH3 is 2. The molecule has 0 aliphatic heterocycles. The Hall–Kier alpha value is -5.73. The fourth-order valence-corrected chi connectivity index (χ4v) is 4.48. The number of carbonyl (C=O) groups is 2. The van der Waals surface area contributed by atoms with Crippen molar-refractivity contribution in [2.75, 3.05) is 30.6 Å². The molecule has 0 saturated heterocycles. The first-order chi connectivity index (χ1) is 20.6. The molecular weight excluding hydrogens is 569 g/mol. The van der Waals surface area contributed by atoms with E-state index < -0.39 is 29.5 Å². The van der Waals surface area contributed by atoms with Gasteiger partial charge in [0.25, 0.3) is 5.95 Å². The summed E-state index contributed by atoms with van der Waals surface area (Å²) < 4.78 is 53.3. The second kappa shape index (κ2) is 11.6. The van der Waals surface area contributed by atoms with E-state index in [1.165, 1.54) is 12.1 Å². The van der Waals surface area contributed by atoms with Gasteiger partial charge in [-0.05, 0) is 29.3 Å². The first-order valence-electron chi connectivity index (χ1n) is 12.5. The summed E-state index contributed by atoms with van der Waals surface area (Å²) in [6.07, 6.45) is 0.0737. The number of rotatable bonds is 7.